The fraction of sp³-hybridized carbons (Fsp3) is 0.611. The molecule has 0 aliphatic heterocycles. The molecule has 2 rings (SSSR count). The molecule has 0 heterocycles. The number of halogens is 1. The van der Waals surface area contributed by atoms with Crippen molar-refractivity contribution in [2.45, 2.75) is 51.6 Å². The van der Waals surface area contributed by atoms with Crippen LogP contribution >= 0.6 is 11.6 Å². The third-order valence-electron chi connectivity index (χ3n) is 4.82. The minimum absolute atomic E-state index is 0.00109. The Hall–Kier alpha value is -1.06. The highest BCUT2D eigenvalue weighted by Gasteiger charge is 2.31. The van der Waals surface area contributed by atoms with Gasteiger partial charge in [-0.2, -0.15) is 0 Å². The van der Waals surface area contributed by atoms with Crippen LogP contribution in [0.2, 0.25) is 5.02 Å². The summed E-state index contributed by atoms with van der Waals surface area (Å²) in [6.45, 7) is 4.25. The molecule has 0 bridgehead atoms. The molecule has 3 nitrogen and oxygen atoms in total. The maximum Gasteiger partial charge on any atom is 0.223 e. The van der Waals surface area contributed by atoms with Gasteiger partial charge >= 0.3 is 0 Å². The number of rotatable bonds is 5. The van der Waals surface area contributed by atoms with E-state index in [1.807, 2.05) is 36.2 Å². The normalized spacial score (nSPS) is 22.8. The Labute approximate surface area is 138 Å². The Morgan fingerprint density at radius 1 is 1.36 bits per heavy atom. The van der Waals surface area contributed by atoms with Crippen LogP contribution in [0.1, 0.15) is 51.1 Å². The van der Waals surface area contributed by atoms with E-state index >= 15 is 0 Å². The first-order valence-electron chi connectivity index (χ1n) is 8.17. The van der Waals surface area contributed by atoms with Gasteiger partial charge in [0.15, 0.2) is 0 Å². The van der Waals surface area contributed by atoms with Crippen molar-refractivity contribution in [1.82, 2.24) is 4.90 Å². The van der Waals surface area contributed by atoms with Gasteiger partial charge in [0, 0.05) is 24.5 Å². The van der Waals surface area contributed by atoms with Crippen LogP contribution in [0.5, 0.6) is 0 Å². The van der Waals surface area contributed by atoms with Crippen molar-refractivity contribution in [3.8, 4) is 0 Å². The number of nitrogens with two attached hydrogens (primary N) is 1. The van der Waals surface area contributed by atoms with Crippen LogP contribution in [0.4, 0.5) is 0 Å². The van der Waals surface area contributed by atoms with Gasteiger partial charge in [0.05, 0.1) is 6.04 Å². The van der Waals surface area contributed by atoms with Crippen molar-refractivity contribution >= 4 is 17.5 Å². The second kappa shape index (κ2) is 7.47. The SMILES string of the molecule is CC(C)C(c1ccccc1Cl)N(C)C(=O)C[C@@H]1CCC[C@H]1N. The maximum absolute atomic E-state index is 12.7. The van der Waals surface area contributed by atoms with Gasteiger partial charge in [-0.1, -0.05) is 50.1 Å². The number of hydrogen-bond donors (Lipinski definition) is 1. The van der Waals surface area contributed by atoms with Crippen LogP contribution in [-0.2, 0) is 4.79 Å². The summed E-state index contributed by atoms with van der Waals surface area (Å²) in [5.74, 6) is 0.793. The summed E-state index contributed by atoms with van der Waals surface area (Å²) in [6, 6.07) is 7.97. The van der Waals surface area contributed by atoms with Gasteiger partial charge in [0.25, 0.3) is 0 Å². The molecule has 4 heteroatoms. The predicted octanol–water partition coefficient (Wildman–Crippen LogP) is 4.01. The van der Waals surface area contributed by atoms with E-state index in [9.17, 15) is 4.79 Å². The van der Waals surface area contributed by atoms with Crippen molar-refractivity contribution in [2.24, 2.45) is 17.6 Å². The minimum Gasteiger partial charge on any atom is -0.338 e. The first-order chi connectivity index (χ1) is 10.4. The number of benzene rings is 1. The Kier molecular flexibility index (Phi) is 5.87. The molecule has 3 atom stereocenters. The molecule has 1 saturated carbocycles. The molecule has 1 aromatic carbocycles. The van der Waals surface area contributed by atoms with Crippen molar-refractivity contribution in [2.75, 3.05) is 7.05 Å². The van der Waals surface area contributed by atoms with Gasteiger partial charge in [0.2, 0.25) is 5.91 Å². The molecule has 0 spiro atoms. The van der Waals surface area contributed by atoms with Crippen molar-refractivity contribution in [1.29, 1.82) is 0 Å². The number of carbonyl (C=O) groups excluding carboxylic acids is 1. The zero-order chi connectivity index (χ0) is 16.3. The molecule has 22 heavy (non-hydrogen) atoms. The minimum atomic E-state index is -0.00109. The summed E-state index contributed by atoms with van der Waals surface area (Å²) in [7, 11) is 1.89. The number of nitrogens with zero attached hydrogens (tertiary/aromatic N) is 1. The fourth-order valence-electron chi connectivity index (χ4n) is 3.57. The third-order valence-corrected chi connectivity index (χ3v) is 5.16. The van der Waals surface area contributed by atoms with E-state index in [0.717, 1.165) is 29.8 Å². The highest BCUT2D eigenvalue weighted by atomic mass is 35.5. The fourth-order valence-corrected chi connectivity index (χ4v) is 3.82. The Bertz CT molecular complexity index is 518. The van der Waals surface area contributed by atoms with Crippen molar-refractivity contribution < 1.29 is 4.79 Å². The van der Waals surface area contributed by atoms with Gasteiger partial charge < -0.3 is 10.6 Å². The predicted molar refractivity (Wildman–Crippen MR) is 91.7 cm³/mol. The zero-order valence-electron chi connectivity index (χ0n) is 13.8. The molecule has 0 radical (unpaired) electrons. The second-order valence-electron chi connectivity index (χ2n) is 6.77. The van der Waals surface area contributed by atoms with Crippen LogP contribution in [-0.4, -0.2) is 23.9 Å². The van der Waals surface area contributed by atoms with Crippen LogP contribution in [0.15, 0.2) is 24.3 Å². The zero-order valence-corrected chi connectivity index (χ0v) is 14.5. The van der Waals surface area contributed by atoms with Crippen LogP contribution in [0, 0.1) is 11.8 Å². The van der Waals surface area contributed by atoms with Crippen molar-refractivity contribution in [3.63, 3.8) is 0 Å². The highest BCUT2D eigenvalue weighted by Crippen LogP contribution is 2.34. The van der Waals surface area contributed by atoms with E-state index in [0.29, 0.717) is 18.3 Å². The van der Waals surface area contributed by atoms with Crippen LogP contribution < -0.4 is 5.73 Å². The standard InChI is InChI=1S/C18H27ClN2O/c1-12(2)18(14-8-4-5-9-15(14)19)21(3)17(22)11-13-7-6-10-16(13)20/h4-5,8-9,12-13,16,18H,6-7,10-11,20H2,1-3H3/t13-,16+,18?/m0/s1. The molecule has 0 saturated heterocycles. The molecular weight excluding hydrogens is 296 g/mol. The largest absolute Gasteiger partial charge is 0.338 e. The van der Waals surface area contributed by atoms with E-state index in [1.165, 1.54) is 0 Å². The Morgan fingerprint density at radius 2 is 2.05 bits per heavy atom. The topological polar surface area (TPSA) is 46.3 Å². The summed E-state index contributed by atoms with van der Waals surface area (Å²) in [6.07, 6.45) is 3.80. The lowest BCUT2D eigenvalue weighted by atomic mass is 9.93. The van der Waals surface area contributed by atoms with Gasteiger partial charge in [-0.25, -0.2) is 0 Å². The van der Waals surface area contributed by atoms with Crippen molar-refractivity contribution in [3.05, 3.63) is 34.9 Å². The first-order valence-corrected chi connectivity index (χ1v) is 8.55. The smallest absolute Gasteiger partial charge is 0.223 e. The monoisotopic (exact) mass is 322 g/mol. The average molecular weight is 323 g/mol. The molecule has 2 N–H and O–H groups in total. The third kappa shape index (κ3) is 3.82. The number of carbonyl (C=O) groups is 1. The molecule has 1 unspecified atom stereocenters. The molecule has 1 fully saturated rings. The van der Waals surface area contributed by atoms with Crippen LogP contribution in [0.25, 0.3) is 0 Å². The lowest BCUT2D eigenvalue weighted by Gasteiger charge is -2.33. The van der Waals surface area contributed by atoms with Gasteiger partial charge in [-0.3, -0.25) is 4.79 Å². The lowest BCUT2D eigenvalue weighted by molar-refractivity contribution is -0.134. The molecular formula is C18H27ClN2O. The van der Waals surface area contributed by atoms with Gasteiger partial charge in [-0.05, 0) is 36.3 Å². The first kappa shape index (κ1) is 17.3. The summed E-state index contributed by atoms with van der Waals surface area (Å²) in [4.78, 5) is 14.6. The molecule has 1 aromatic rings. The molecule has 1 aliphatic carbocycles. The lowest BCUT2D eigenvalue weighted by Crippen LogP contribution is -2.37. The van der Waals surface area contributed by atoms with E-state index in [-0.39, 0.29) is 18.0 Å². The summed E-state index contributed by atoms with van der Waals surface area (Å²) < 4.78 is 0. The molecule has 1 aliphatic rings. The highest BCUT2D eigenvalue weighted by molar-refractivity contribution is 6.31. The van der Waals surface area contributed by atoms with Crippen LogP contribution in [0.3, 0.4) is 0 Å². The summed E-state index contributed by atoms with van der Waals surface area (Å²) in [5, 5.41) is 0.721. The molecule has 0 aromatic heterocycles. The number of amides is 1. The van der Waals surface area contributed by atoms with E-state index in [1.54, 1.807) is 0 Å². The van der Waals surface area contributed by atoms with E-state index in [4.69, 9.17) is 17.3 Å². The second-order valence-corrected chi connectivity index (χ2v) is 7.18. The van der Waals surface area contributed by atoms with Gasteiger partial charge in [0.1, 0.15) is 0 Å². The summed E-state index contributed by atoms with van der Waals surface area (Å²) >= 11 is 6.35. The summed E-state index contributed by atoms with van der Waals surface area (Å²) in [5.41, 5.74) is 7.13. The van der Waals surface area contributed by atoms with E-state index in [2.05, 4.69) is 13.8 Å². The Balaban J connectivity index is 2.14. The molecule has 122 valence electrons. The molecule has 1 amide bonds. The Morgan fingerprint density at radius 3 is 2.59 bits per heavy atom. The quantitative estimate of drug-likeness (QED) is 0.890. The number of hydrogen-bond acceptors (Lipinski definition) is 2. The average Bonchev–Trinajstić information content (AvgIpc) is 2.86. The van der Waals surface area contributed by atoms with Gasteiger partial charge in [-0.15, -0.1) is 0 Å². The maximum atomic E-state index is 12.7. The van der Waals surface area contributed by atoms with E-state index < -0.39 is 0 Å².